The standard InChI is InChI=1S/C17H15ClN4O2/c18-15-14-8-11(17(23)22-24)2-1-10(14)7-12(9-19)16(15)21-13-3-5-20-6-4-13/h3-7,11,24H,1-2,8H2,(H,20,21)(H,22,23). The Hall–Kier alpha value is -2.62. The average Bonchev–Trinajstić information content (AvgIpc) is 2.63. The lowest BCUT2D eigenvalue weighted by molar-refractivity contribution is -0.133. The average molecular weight is 343 g/mol. The number of hydrogen-bond donors (Lipinski definition) is 3. The van der Waals surface area contributed by atoms with Gasteiger partial charge in [0, 0.05) is 24.0 Å². The minimum absolute atomic E-state index is 0.332. The molecule has 6 nitrogen and oxygen atoms in total. The minimum atomic E-state index is -0.412. The zero-order valence-electron chi connectivity index (χ0n) is 12.7. The molecule has 7 heteroatoms. The van der Waals surface area contributed by atoms with Crippen molar-refractivity contribution in [1.82, 2.24) is 10.5 Å². The highest BCUT2D eigenvalue weighted by Crippen LogP contribution is 2.39. The van der Waals surface area contributed by atoms with E-state index in [0.29, 0.717) is 35.5 Å². The van der Waals surface area contributed by atoms with E-state index in [0.717, 1.165) is 16.8 Å². The summed E-state index contributed by atoms with van der Waals surface area (Å²) in [6, 6.07) is 7.54. The van der Waals surface area contributed by atoms with Gasteiger partial charge in [0.15, 0.2) is 0 Å². The van der Waals surface area contributed by atoms with Gasteiger partial charge in [-0.1, -0.05) is 11.6 Å². The van der Waals surface area contributed by atoms with Crippen LogP contribution in [0.5, 0.6) is 0 Å². The lowest BCUT2D eigenvalue weighted by atomic mass is 9.82. The number of pyridine rings is 1. The number of amides is 1. The molecule has 0 bridgehead atoms. The summed E-state index contributed by atoms with van der Waals surface area (Å²) in [6.45, 7) is 0. The van der Waals surface area contributed by atoms with Gasteiger partial charge in [-0.25, -0.2) is 5.48 Å². The molecule has 1 aromatic heterocycles. The predicted molar refractivity (Wildman–Crippen MR) is 89.1 cm³/mol. The van der Waals surface area contributed by atoms with E-state index in [4.69, 9.17) is 16.8 Å². The van der Waals surface area contributed by atoms with Crippen molar-refractivity contribution in [3.05, 3.63) is 52.3 Å². The third-order valence-corrected chi connectivity index (χ3v) is 4.64. The van der Waals surface area contributed by atoms with Crippen molar-refractivity contribution in [2.75, 3.05) is 5.32 Å². The smallest absolute Gasteiger partial charge is 0.246 e. The molecule has 2 aromatic rings. The van der Waals surface area contributed by atoms with Crippen LogP contribution in [0.3, 0.4) is 0 Å². The van der Waals surface area contributed by atoms with E-state index in [1.165, 1.54) is 0 Å². The van der Waals surface area contributed by atoms with Crippen LogP contribution >= 0.6 is 11.6 Å². The number of hydroxylamine groups is 1. The topological polar surface area (TPSA) is 98.0 Å². The van der Waals surface area contributed by atoms with Gasteiger partial charge in [-0.3, -0.25) is 15.0 Å². The number of aromatic nitrogens is 1. The van der Waals surface area contributed by atoms with Crippen LogP contribution in [0.4, 0.5) is 11.4 Å². The lowest BCUT2D eigenvalue weighted by Crippen LogP contribution is -2.32. The molecule has 1 atom stereocenters. The Balaban J connectivity index is 2.01. The number of hydrogen-bond acceptors (Lipinski definition) is 5. The summed E-state index contributed by atoms with van der Waals surface area (Å²) in [6.07, 6.45) is 4.96. The zero-order chi connectivity index (χ0) is 17.1. The molecule has 0 saturated heterocycles. The minimum Gasteiger partial charge on any atom is -0.353 e. The van der Waals surface area contributed by atoms with Gasteiger partial charge in [-0.2, -0.15) is 5.26 Å². The van der Waals surface area contributed by atoms with Gasteiger partial charge in [-0.15, -0.1) is 0 Å². The number of anilines is 2. The summed E-state index contributed by atoms with van der Waals surface area (Å²) in [5.74, 6) is -0.744. The van der Waals surface area contributed by atoms with E-state index in [-0.39, 0.29) is 5.92 Å². The van der Waals surface area contributed by atoms with Crippen LogP contribution < -0.4 is 10.8 Å². The molecule has 1 aromatic carbocycles. The molecule has 3 rings (SSSR count). The SMILES string of the molecule is N#Cc1cc2c(c(Cl)c1Nc1ccncc1)CC(C(=O)NO)CC2. The Morgan fingerprint density at radius 2 is 2.17 bits per heavy atom. The van der Waals surface area contributed by atoms with Gasteiger partial charge in [0.25, 0.3) is 0 Å². The van der Waals surface area contributed by atoms with Crippen LogP contribution in [0, 0.1) is 17.2 Å². The van der Waals surface area contributed by atoms with Crippen molar-refractivity contribution >= 4 is 28.9 Å². The molecule has 122 valence electrons. The number of fused-ring (bicyclic) bond motifs is 1. The van der Waals surface area contributed by atoms with Gasteiger partial charge >= 0.3 is 0 Å². The Bertz CT molecular complexity index is 818. The number of carbonyl (C=O) groups excluding carboxylic acids is 1. The first-order valence-corrected chi connectivity index (χ1v) is 7.87. The maximum Gasteiger partial charge on any atom is 0.246 e. The number of halogens is 1. The van der Waals surface area contributed by atoms with Crippen molar-refractivity contribution < 1.29 is 10.0 Å². The molecule has 24 heavy (non-hydrogen) atoms. The number of benzene rings is 1. The number of nitrogens with zero attached hydrogens (tertiary/aromatic N) is 2. The summed E-state index contributed by atoms with van der Waals surface area (Å²) in [5, 5.41) is 21.9. The molecule has 1 aliphatic carbocycles. The van der Waals surface area contributed by atoms with E-state index >= 15 is 0 Å². The molecule has 3 N–H and O–H groups in total. The van der Waals surface area contributed by atoms with E-state index < -0.39 is 5.91 Å². The van der Waals surface area contributed by atoms with Crippen LogP contribution in [-0.2, 0) is 17.6 Å². The second kappa shape index (κ2) is 6.87. The third-order valence-electron chi connectivity index (χ3n) is 4.22. The van der Waals surface area contributed by atoms with Gasteiger partial charge in [0.05, 0.1) is 16.3 Å². The molecular weight excluding hydrogens is 328 g/mol. The molecule has 0 aliphatic heterocycles. The Kier molecular flexibility index (Phi) is 4.65. The first-order valence-electron chi connectivity index (χ1n) is 7.49. The molecular formula is C17H15ClN4O2. The third kappa shape index (κ3) is 3.04. The number of nitrogens with one attached hydrogen (secondary N) is 2. The first-order chi connectivity index (χ1) is 11.6. The highest BCUT2D eigenvalue weighted by Gasteiger charge is 2.28. The zero-order valence-corrected chi connectivity index (χ0v) is 13.5. The van der Waals surface area contributed by atoms with Crippen molar-refractivity contribution in [2.24, 2.45) is 5.92 Å². The van der Waals surface area contributed by atoms with Crippen molar-refractivity contribution in [3.8, 4) is 6.07 Å². The normalized spacial score (nSPS) is 16.0. The van der Waals surface area contributed by atoms with E-state index in [2.05, 4.69) is 16.4 Å². The highest BCUT2D eigenvalue weighted by molar-refractivity contribution is 6.34. The Morgan fingerprint density at radius 3 is 2.83 bits per heavy atom. The molecule has 1 aliphatic rings. The van der Waals surface area contributed by atoms with Crippen LogP contribution in [0.15, 0.2) is 30.6 Å². The first kappa shape index (κ1) is 16.2. The Labute approximate surface area is 144 Å². The predicted octanol–water partition coefficient (Wildman–Crippen LogP) is 2.96. The maximum absolute atomic E-state index is 11.7. The van der Waals surface area contributed by atoms with E-state index in [1.807, 2.05) is 6.07 Å². The summed E-state index contributed by atoms with van der Waals surface area (Å²) in [5.41, 5.74) is 5.26. The quantitative estimate of drug-likeness (QED) is 0.588. The van der Waals surface area contributed by atoms with Crippen LogP contribution in [0.25, 0.3) is 0 Å². The maximum atomic E-state index is 11.7. The van der Waals surface area contributed by atoms with Gasteiger partial charge in [0.2, 0.25) is 5.91 Å². The summed E-state index contributed by atoms with van der Waals surface area (Å²) >= 11 is 6.55. The van der Waals surface area contributed by atoms with Gasteiger partial charge in [0.1, 0.15) is 6.07 Å². The summed E-state index contributed by atoms with van der Waals surface area (Å²) in [7, 11) is 0. The molecule has 1 amide bonds. The highest BCUT2D eigenvalue weighted by atomic mass is 35.5. The van der Waals surface area contributed by atoms with Crippen LogP contribution in [0.1, 0.15) is 23.1 Å². The fraction of sp³-hybridized carbons (Fsp3) is 0.235. The fourth-order valence-electron chi connectivity index (χ4n) is 2.97. The molecule has 0 radical (unpaired) electrons. The monoisotopic (exact) mass is 342 g/mol. The molecule has 0 saturated carbocycles. The summed E-state index contributed by atoms with van der Waals surface area (Å²) < 4.78 is 0. The van der Waals surface area contributed by atoms with Crippen molar-refractivity contribution in [1.29, 1.82) is 5.26 Å². The molecule has 0 fully saturated rings. The van der Waals surface area contributed by atoms with E-state index in [1.54, 1.807) is 30.0 Å². The number of rotatable bonds is 3. The van der Waals surface area contributed by atoms with Gasteiger partial charge in [-0.05, 0) is 48.6 Å². The van der Waals surface area contributed by atoms with Crippen LogP contribution in [0.2, 0.25) is 5.02 Å². The molecule has 0 spiro atoms. The molecule has 1 heterocycles. The second-order valence-corrected chi connectivity index (χ2v) is 6.02. The Morgan fingerprint density at radius 1 is 1.42 bits per heavy atom. The number of carbonyl (C=O) groups is 1. The number of nitriles is 1. The van der Waals surface area contributed by atoms with E-state index in [9.17, 15) is 10.1 Å². The van der Waals surface area contributed by atoms with Crippen molar-refractivity contribution in [3.63, 3.8) is 0 Å². The summed E-state index contributed by atoms with van der Waals surface area (Å²) in [4.78, 5) is 15.7. The van der Waals surface area contributed by atoms with Crippen LogP contribution in [-0.4, -0.2) is 16.1 Å². The van der Waals surface area contributed by atoms with Gasteiger partial charge < -0.3 is 5.32 Å². The largest absolute Gasteiger partial charge is 0.353 e. The number of aryl methyl sites for hydroxylation is 1. The van der Waals surface area contributed by atoms with Crippen molar-refractivity contribution in [2.45, 2.75) is 19.3 Å². The lowest BCUT2D eigenvalue weighted by Gasteiger charge is -2.26. The fourth-order valence-corrected chi connectivity index (χ4v) is 3.32. The molecule has 1 unspecified atom stereocenters. The second-order valence-electron chi connectivity index (χ2n) is 5.64.